The Hall–Kier alpha value is -3.92. The average molecular weight is 482 g/mol. The quantitative estimate of drug-likeness (QED) is 0.464. The van der Waals surface area contributed by atoms with Crippen molar-refractivity contribution in [3.8, 4) is 0 Å². The number of rotatable bonds is 8. The minimum absolute atomic E-state index is 0.0389. The van der Waals surface area contributed by atoms with Gasteiger partial charge in [-0.3, -0.25) is 9.52 Å². The summed E-state index contributed by atoms with van der Waals surface area (Å²) in [6, 6.07) is 12.2. The van der Waals surface area contributed by atoms with Crippen LogP contribution < -0.4 is 10.0 Å². The molecule has 0 spiro atoms. The molecule has 1 saturated carbocycles. The number of aromatic nitrogens is 1. The van der Waals surface area contributed by atoms with E-state index in [-0.39, 0.29) is 16.7 Å². The summed E-state index contributed by atoms with van der Waals surface area (Å²) in [5.41, 5.74) is 2.49. The van der Waals surface area contributed by atoms with Gasteiger partial charge in [0.05, 0.1) is 17.6 Å². The molecule has 9 nitrogen and oxygen atoms in total. The fourth-order valence-corrected chi connectivity index (χ4v) is 4.22. The Bertz CT molecular complexity index is 1340. The van der Waals surface area contributed by atoms with E-state index in [0.717, 1.165) is 18.4 Å². The van der Waals surface area contributed by atoms with Crippen LogP contribution in [0.25, 0.3) is 12.2 Å². The molecule has 4 rings (SSSR count). The van der Waals surface area contributed by atoms with E-state index in [1.165, 1.54) is 43.5 Å². The number of carbonyl (C=O) groups excluding carboxylic acids is 2. The van der Waals surface area contributed by atoms with Crippen LogP contribution in [0.3, 0.4) is 0 Å². The Morgan fingerprint density at radius 1 is 1.06 bits per heavy atom. The summed E-state index contributed by atoms with van der Waals surface area (Å²) < 4.78 is 37.8. The molecule has 0 saturated heterocycles. The maximum Gasteiger partial charge on any atom is 0.337 e. The molecule has 176 valence electrons. The molecule has 1 aromatic heterocycles. The van der Waals surface area contributed by atoms with Gasteiger partial charge in [0.15, 0.2) is 5.76 Å². The molecule has 2 aromatic carbocycles. The number of nitrogens with zero attached hydrogens (tertiary/aromatic N) is 1. The Morgan fingerprint density at radius 3 is 2.35 bits per heavy atom. The van der Waals surface area contributed by atoms with Crippen molar-refractivity contribution in [2.45, 2.75) is 24.7 Å². The second kappa shape index (κ2) is 9.52. The molecule has 3 aromatic rings. The van der Waals surface area contributed by atoms with Crippen LogP contribution in [-0.2, 0) is 19.6 Å². The van der Waals surface area contributed by atoms with Crippen LogP contribution in [0.15, 0.2) is 57.9 Å². The molecule has 1 heterocycles. The molecule has 1 fully saturated rings. The standard InChI is InChI=1S/C24H23N3O6S/c1-15-22(25-23(28)17-6-7-17)21(33-26-15)14-5-16-3-12-20(13-4-16)34(30,31)27-19-10-8-18(9-11-19)24(29)32-2/h3-5,8-14,17,27H,6-7H2,1-2H3,(H,25,28)/b14-5-. The summed E-state index contributed by atoms with van der Waals surface area (Å²) in [5.74, 6) is -0.0702. The largest absolute Gasteiger partial charge is 0.465 e. The highest BCUT2D eigenvalue weighted by molar-refractivity contribution is 7.92. The lowest BCUT2D eigenvalue weighted by molar-refractivity contribution is -0.117. The van der Waals surface area contributed by atoms with E-state index in [1.54, 1.807) is 31.2 Å². The van der Waals surface area contributed by atoms with Crippen LogP contribution in [-0.4, -0.2) is 32.6 Å². The van der Waals surface area contributed by atoms with Gasteiger partial charge >= 0.3 is 5.97 Å². The molecule has 0 radical (unpaired) electrons. The van der Waals surface area contributed by atoms with Crippen molar-refractivity contribution in [2.24, 2.45) is 5.92 Å². The molecule has 0 unspecified atom stereocenters. The van der Waals surface area contributed by atoms with Crippen molar-refractivity contribution in [1.29, 1.82) is 0 Å². The highest BCUT2D eigenvalue weighted by atomic mass is 32.2. The van der Waals surface area contributed by atoms with Crippen molar-refractivity contribution >= 4 is 45.4 Å². The summed E-state index contributed by atoms with van der Waals surface area (Å²) in [6.45, 7) is 1.75. The maximum atomic E-state index is 12.7. The SMILES string of the molecule is COC(=O)c1ccc(NS(=O)(=O)c2ccc(/C=C\c3onc(C)c3NC(=O)C3CC3)cc2)cc1. The van der Waals surface area contributed by atoms with Gasteiger partial charge in [-0.2, -0.15) is 0 Å². The number of carbonyl (C=O) groups is 2. The Kier molecular flexibility index (Phi) is 6.51. The van der Waals surface area contributed by atoms with E-state index in [0.29, 0.717) is 28.4 Å². The number of hydrogen-bond donors (Lipinski definition) is 2. The van der Waals surface area contributed by atoms with Gasteiger partial charge in [-0.15, -0.1) is 0 Å². The second-order valence-electron chi connectivity index (χ2n) is 7.85. The minimum atomic E-state index is -3.82. The van der Waals surface area contributed by atoms with Gasteiger partial charge in [0.1, 0.15) is 11.4 Å². The first-order chi connectivity index (χ1) is 16.3. The fraction of sp³-hybridized carbons (Fsp3) is 0.208. The highest BCUT2D eigenvalue weighted by Gasteiger charge is 2.30. The molecule has 10 heteroatoms. The van der Waals surface area contributed by atoms with E-state index >= 15 is 0 Å². The van der Waals surface area contributed by atoms with E-state index in [9.17, 15) is 18.0 Å². The van der Waals surface area contributed by atoms with Crippen LogP contribution in [0.5, 0.6) is 0 Å². The van der Waals surface area contributed by atoms with Crippen molar-refractivity contribution in [3.05, 3.63) is 71.1 Å². The molecule has 2 N–H and O–H groups in total. The Balaban J connectivity index is 1.44. The van der Waals surface area contributed by atoms with E-state index in [2.05, 4.69) is 19.9 Å². The van der Waals surface area contributed by atoms with Gasteiger partial charge in [0.25, 0.3) is 10.0 Å². The molecule has 0 aliphatic heterocycles. The predicted molar refractivity (Wildman–Crippen MR) is 127 cm³/mol. The van der Waals surface area contributed by atoms with E-state index < -0.39 is 16.0 Å². The number of amides is 1. The van der Waals surface area contributed by atoms with Crippen LogP contribution in [0, 0.1) is 12.8 Å². The zero-order chi connectivity index (χ0) is 24.3. The number of anilines is 2. The first kappa shape index (κ1) is 23.2. The number of sulfonamides is 1. The van der Waals surface area contributed by atoms with Crippen LogP contribution in [0.1, 0.15) is 40.2 Å². The third-order valence-corrected chi connectivity index (χ3v) is 6.66. The number of nitrogens with one attached hydrogen (secondary N) is 2. The Morgan fingerprint density at radius 2 is 1.74 bits per heavy atom. The summed E-state index contributed by atoms with van der Waals surface area (Å²) in [5, 5.41) is 6.78. The molecule has 0 bridgehead atoms. The van der Waals surface area contributed by atoms with Crippen molar-refractivity contribution in [3.63, 3.8) is 0 Å². The highest BCUT2D eigenvalue weighted by Crippen LogP contribution is 2.32. The zero-order valence-corrected chi connectivity index (χ0v) is 19.4. The van der Waals surface area contributed by atoms with Crippen LogP contribution in [0.2, 0.25) is 0 Å². The number of hydrogen-bond acceptors (Lipinski definition) is 7. The first-order valence-corrected chi connectivity index (χ1v) is 12.0. The maximum absolute atomic E-state index is 12.7. The number of methoxy groups -OCH3 is 1. The minimum Gasteiger partial charge on any atom is -0.465 e. The second-order valence-corrected chi connectivity index (χ2v) is 9.53. The lowest BCUT2D eigenvalue weighted by atomic mass is 10.2. The molecular weight excluding hydrogens is 458 g/mol. The van der Waals surface area contributed by atoms with Gasteiger partial charge in [0.2, 0.25) is 5.91 Å². The van der Waals surface area contributed by atoms with Gasteiger partial charge in [-0.1, -0.05) is 23.4 Å². The van der Waals surface area contributed by atoms with Crippen molar-refractivity contribution in [2.75, 3.05) is 17.1 Å². The smallest absolute Gasteiger partial charge is 0.337 e. The molecule has 0 atom stereocenters. The first-order valence-electron chi connectivity index (χ1n) is 10.5. The fourth-order valence-electron chi connectivity index (χ4n) is 3.16. The lowest BCUT2D eigenvalue weighted by Gasteiger charge is -2.09. The van der Waals surface area contributed by atoms with Crippen molar-refractivity contribution < 1.29 is 27.3 Å². The Labute approximate surface area is 196 Å². The van der Waals surface area contributed by atoms with Gasteiger partial charge in [-0.25, -0.2) is 13.2 Å². The van der Waals surface area contributed by atoms with E-state index in [4.69, 9.17) is 4.52 Å². The molecule has 1 aliphatic rings. The summed E-state index contributed by atoms with van der Waals surface area (Å²) in [4.78, 5) is 23.7. The summed E-state index contributed by atoms with van der Waals surface area (Å²) in [7, 11) is -2.55. The number of aryl methyl sites for hydroxylation is 1. The third-order valence-electron chi connectivity index (χ3n) is 5.26. The van der Waals surface area contributed by atoms with Gasteiger partial charge in [-0.05, 0) is 67.8 Å². The normalized spacial score (nSPS) is 13.6. The van der Waals surface area contributed by atoms with Gasteiger partial charge < -0.3 is 14.6 Å². The summed E-state index contributed by atoms with van der Waals surface area (Å²) >= 11 is 0. The van der Waals surface area contributed by atoms with Crippen LogP contribution in [0.4, 0.5) is 11.4 Å². The molecular formula is C24H23N3O6S. The molecule has 1 aliphatic carbocycles. The number of ether oxygens (including phenoxy) is 1. The molecule has 34 heavy (non-hydrogen) atoms. The lowest BCUT2D eigenvalue weighted by Crippen LogP contribution is -2.14. The monoisotopic (exact) mass is 481 g/mol. The number of esters is 1. The third kappa shape index (κ3) is 5.34. The molecule has 1 amide bonds. The average Bonchev–Trinajstić information content (AvgIpc) is 3.63. The van der Waals surface area contributed by atoms with E-state index in [1.807, 2.05) is 0 Å². The predicted octanol–water partition coefficient (Wildman–Crippen LogP) is 4.09. The van der Waals surface area contributed by atoms with Crippen molar-refractivity contribution in [1.82, 2.24) is 5.16 Å². The van der Waals surface area contributed by atoms with Crippen LogP contribution >= 0.6 is 0 Å². The topological polar surface area (TPSA) is 128 Å². The summed E-state index contributed by atoms with van der Waals surface area (Å²) in [6.07, 6.45) is 5.20. The van der Waals surface area contributed by atoms with Gasteiger partial charge in [0, 0.05) is 11.6 Å². The zero-order valence-electron chi connectivity index (χ0n) is 18.6. The number of benzene rings is 2.